The maximum Gasteiger partial charge on any atom is 0.246 e. The van der Waals surface area contributed by atoms with Crippen LogP contribution in [0.15, 0.2) is 30.3 Å². The highest BCUT2D eigenvalue weighted by atomic mass is 16.5. The molecule has 1 aromatic carbocycles. The van der Waals surface area contributed by atoms with Gasteiger partial charge in [0.1, 0.15) is 6.61 Å². The predicted molar refractivity (Wildman–Crippen MR) is 89.4 cm³/mol. The first-order valence-electron chi connectivity index (χ1n) is 8.38. The van der Waals surface area contributed by atoms with Crippen molar-refractivity contribution in [2.24, 2.45) is 11.3 Å². The van der Waals surface area contributed by atoms with Gasteiger partial charge in [-0.3, -0.25) is 4.79 Å². The number of benzene rings is 1. The van der Waals surface area contributed by atoms with E-state index in [0.29, 0.717) is 18.6 Å². The van der Waals surface area contributed by atoms with Crippen LogP contribution in [0.4, 0.5) is 0 Å². The van der Waals surface area contributed by atoms with E-state index in [1.807, 2.05) is 30.3 Å². The fourth-order valence-corrected chi connectivity index (χ4v) is 3.42. The second-order valence-electron chi connectivity index (χ2n) is 7.41. The van der Waals surface area contributed by atoms with Crippen molar-refractivity contribution in [1.29, 1.82) is 0 Å². The van der Waals surface area contributed by atoms with Crippen molar-refractivity contribution in [3.05, 3.63) is 35.9 Å². The van der Waals surface area contributed by atoms with Gasteiger partial charge in [0, 0.05) is 6.04 Å². The number of amides is 1. The van der Waals surface area contributed by atoms with E-state index in [0.717, 1.165) is 12.0 Å². The summed E-state index contributed by atoms with van der Waals surface area (Å²) in [7, 11) is 0. The molecule has 0 heterocycles. The molecular formula is C19H29NO2. The summed E-state index contributed by atoms with van der Waals surface area (Å²) in [5.74, 6) is 0.566. The Morgan fingerprint density at radius 2 is 1.86 bits per heavy atom. The molecule has 2 unspecified atom stereocenters. The van der Waals surface area contributed by atoms with Crippen LogP contribution in [-0.4, -0.2) is 18.6 Å². The van der Waals surface area contributed by atoms with Crippen LogP contribution in [0, 0.1) is 11.3 Å². The first kappa shape index (κ1) is 17.0. The van der Waals surface area contributed by atoms with Crippen LogP contribution >= 0.6 is 0 Å². The molecule has 1 fully saturated rings. The molecule has 2 rings (SSSR count). The van der Waals surface area contributed by atoms with Crippen LogP contribution < -0.4 is 5.32 Å². The standard InChI is InChI=1S/C19H29NO2/c1-19(2,3)16-11-7-8-12-17(16)20-18(21)14-22-13-15-9-5-4-6-10-15/h4-6,9-10,16-17H,7-8,11-14H2,1-3H3,(H,20,21). The minimum atomic E-state index is 0.0112. The third kappa shape index (κ3) is 5.13. The average molecular weight is 303 g/mol. The second kappa shape index (κ2) is 7.77. The molecular weight excluding hydrogens is 274 g/mol. The summed E-state index contributed by atoms with van der Waals surface area (Å²) in [5, 5.41) is 3.20. The van der Waals surface area contributed by atoms with Crippen LogP contribution in [0.3, 0.4) is 0 Å². The van der Waals surface area contributed by atoms with Gasteiger partial charge < -0.3 is 10.1 Å². The van der Waals surface area contributed by atoms with E-state index < -0.39 is 0 Å². The van der Waals surface area contributed by atoms with Crippen LogP contribution in [0.25, 0.3) is 0 Å². The molecule has 1 aliphatic carbocycles. The summed E-state index contributed by atoms with van der Waals surface area (Å²) in [4.78, 5) is 12.1. The van der Waals surface area contributed by atoms with Crippen LogP contribution in [0.5, 0.6) is 0 Å². The normalized spacial score (nSPS) is 22.3. The lowest BCUT2D eigenvalue weighted by atomic mass is 9.69. The lowest BCUT2D eigenvalue weighted by Gasteiger charge is -2.40. The van der Waals surface area contributed by atoms with E-state index in [9.17, 15) is 4.79 Å². The Morgan fingerprint density at radius 1 is 1.18 bits per heavy atom. The van der Waals surface area contributed by atoms with E-state index in [1.165, 1.54) is 19.3 Å². The Morgan fingerprint density at radius 3 is 2.55 bits per heavy atom. The largest absolute Gasteiger partial charge is 0.367 e. The average Bonchev–Trinajstić information content (AvgIpc) is 2.48. The van der Waals surface area contributed by atoms with Gasteiger partial charge in [0.2, 0.25) is 5.91 Å². The smallest absolute Gasteiger partial charge is 0.246 e. The van der Waals surface area contributed by atoms with E-state index in [1.54, 1.807) is 0 Å². The van der Waals surface area contributed by atoms with E-state index in [2.05, 4.69) is 26.1 Å². The molecule has 1 aromatic rings. The minimum absolute atomic E-state index is 0.0112. The molecule has 0 aromatic heterocycles. The number of rotatable bonds is 5. The molecule has 0 bridgehead atoms. The van der Waals surface area contributed by atoms with Gasteiger partial charge in [0.15, 0.2) is 0 Å². The van der Waals surface area contributed by atoms with Crippen LogP contribution in [-0.2, 0) is 16.1 Å². The monoisotopic (exact) mass is 303 g/mol. The summed E-state index contributed by atoms with van der Waals surface area (Å²) in [5.41, 5.74) is 1.34. The molecule has 22 heavy (non-hydrogen) atoms. The quantitative estimate of drug-likeness (QED) is 0.895. The second-order valence-corrected chi connectivity index (χ2v) is 7.41. The Bertz CT molecular complexity index is 464. The molecule has 0 radical (unpaired) electrons. The first-order valence-corrected chi connectivity index (χ1v) is 8.38. The summed E-state index contributed by atoms with van der Waals surface area (Å²) in [6.07, 6.45) is 4.78. The fraction of sp³-hybridized carbons (Fsp3) is 0.632. The van der Waals surface area contributed by atoms with Gasteiger partial charge in [0.05, 0.1) is 6.61 Å². The number of nitrogens with one attached hydrogen (secondary N) is 1. The lowest BCUT2D eigenvalue weighted by Crippen LogP contribution is -2.47. The predicted octanol–water partition coefficient (Wildman–Crippen LogP) is 3.92. The third-order valence-corrected chi connectivity index (χ3v) is 4.57. The molecule has 0 aliphatic heterocycles. The molecule has 0 spiro atoms. The highest BCUT2D eigenvalue weighted by Crippen LogP contribution is 2.37. The fourth-order valence-electron chi connectivity index (χ4n) is 3.42. The van der Waals surface area contributed by atoms with E-state index in [4.69, 9.17) is 4.74 Å². The van der Waals surface area contributed by atoms with Gasteiger partial charge in [-0.25, -0.2) is 0 Å². The maximum absolute atomic E-state index is 12.1. The Kier molecular flexibility index (Phi) is 6.01. The van der Waals surface area contributed by atoms with Crippen molar-refractivity contribution in [2.45, 2.75) is 59.1 Å². The summed E-state index contributed by atoms with van der Waals surface area (Å²) >= 11 is 0. The zero-order valence-electron chi connectivity index (χ0n) is 14.1. The SMILES string of the molecule is CC(C)(C)C1CCCCC1NC(=O)COCc1ccccc1. The molecule has 1 N–H and O–H groups in total. The highest BCUT2D eigenvalue weighted by molar-refractivity contribution is 5.77. The molecule has 1 aliphatic rings. The molecule has 1 saturated carbocycles. The number of carbonyl (C=O) groups is 1. The molecule has 3 heteroatoms. The van der Waals surface area contributed by atoms with E-state index >= 15 is 0 Å². The van der Waals surface area contributed by atoms with Gasteiger partial charge in [0.25, 0.3) is 0 Å². The molecule has 2 atom stereocenters. The van der Waals surface area contributed by atoms with Gasteiger partial charge in [-0.05, 0) is 29.7 Å². The topological polar surface area (TPSA) is 38.3 Å². The number of hydrogen-bond acceptors (Lipinski definition) is 2. The molecule has 122 valence electrons. The van der Waals surface area contributed by atoms with Crippen molar-refractivity contribution in [3.63, 3.8) is 0 Å². The van der Waals surface area contributed by atoms with E-state index in [-0.39, 0.29) is 17.9 Å². The maximum atomic E-state index is 12.1. The van der Waals surface area contributed by atoms with Crippen LogP contribution in [0.1, 0.15) is 52.0 Å². The minimum Gasteiger partial charge on any atom is -0.367 e. The van der Waals surface area contributed by atoms with Crippen molar-refractivity contribution in [1.82, 2.24) is 5.32 Å². The third-order valence-electron chi connectivity index (χ3n) is 4.57. The van der Waals surface area contributed by atoms with Gasteiger partial charge >= 0.3 is 0 Å². The molecule has 3 nitrogen and oxygen atoms in total. The van der Waals surface area contributed by atoms with Crippen molar-refractivity contribution < 1.29 is 9.53 Å². The summed E-state index contributed by atoms with van der Waals surface area (Å²) < 4.78 is 5.53. The van der Waals surface area contributed by atoms with Crippen molar-refractivity contribution in [2.75, 3.05) is 6.61 Å². The zero-order valence-corrected chi connectivity index (χ0v) is 14.1. The molecule has 0 saturated heterocycles. The number of ether oxygens (including phenoxy) is 1. The zero-order chi connectivity index (χ0) is 16.0. The van der Waals surface area contributed by atoms with Crippen LogP contribution in [0.2, 0.25) is 0 Å². The first-order chi connectivity index (χ1) is 10.5. The summed E-state index contributed by atoms with van der Waals surface area (Å²) in [6.45, 7) is 7.44. The van der Waals surface area contributed by atoms with Crippen molar-refractivity contribution >= 4 is 5.91 Å². The highest BCUT2D eigenvalue weighted by Gasteiger charge is 2.34. The Balaban J connectivity index is 1.78. The van der Waals surface area contributed by atoms with Gasteiger partial charge in [-0.15, -0.1) is 0 Å². The summed E-state index contributed by atoms with van der Waals surface area (Å²) in [6, 6.07) is 10.3. The van der Waals surface area contributed by atoms with Gasteiger partial charge in [-0.2, -0.15) is 0 Å². The number of hydrogen-bond donors (Lipinski definition) is 1. The molecule has 1 amide bonds. The van der Waals surface area contributed by atoms with Gasteiger partial charge in [-0.1, -0.05) is 63.9 Å². The Labute approximate surface area is 134 Å². The number of carbonyl (C=O) groups excluding carboxylic acids is 1. The lowest BCUT2D eigenvalue weighted by molar-refractivity contribution is -0.127. The van der Waals surface area contributed by atoms with Crippen molar-refractivity contribution in [3.8, 4) is 0 Å². The Hall–Kier alpha value is -1.35.